The van der Waals surface area contributed by atoms with Gasteiger partial charge in [0, 0.05) is 18.7 Å². The number of hydrogen-bond acceptors (Lipinski definition) is 2. The molecule has 1 aromatic rings. The third-order valence-electron chi connectivity index (χ3n) is 3.03. The Labute approximate surface area is 109 Å². The molecule has 1 heterocycles. The highest BCUT2D eigenvalue weighted by atomic mass is 19.1. The van der Waals surface area contributed by atoms with E-state index in [1.807, 2.05) is 0 Å². The van der Waals surface area contributed by atoms with Crippen molar-refractivity contribution in [3.05, 3.63) is 41.0 Å². The molecule has 0 N–H and O–H groups in total. The molecule has 0 atom stereocenters. The Morgan fingerprint density at radius 3 is 2.37 bits per heavy atom. The third-order valence-corrected chi connectivity index (χ3v) is 3.03. The molecule has 1 amide bonds. The molecule has 1 fully saturated rings. The molecule has 0 bridgehead atoms. The number of carbonyl (C=O) groups is 1. The molecule has 0 aromatic heterocycles. The predicted octanol–water partition coefficient (Wildman–Crippen LogP) is 2.49. The van der Waals surface area contributed by atoms with Gasteiger partial charge in [0.25, 0.3) is 5.91 Å². The number of benzene rings is 1. The van der Waals surface area contributed by atoms with E-state index in [9.17, 15) is 13.6 Å². The Balaban J connectivity index is 2.34. The first-order valence-electron chi connectivity index (χ1n) is 5.98. The smallest absolute Gasteiger partial charge is 0.264 e. The molecule has 0 spiro atoms. The number of hydrogen-bond donors (Lipinski definition) is 0. The van der Waals surface area contributed by atoms with Crippen molar-refractivity contribution in [2.45, 2.75) is 12.8 Å². The van der Waals surface area contributed by atoms with E-state index in [-0.39, 0.29) is 11.1 Å². The average molecular weight is 262 g/mol. The molecule has 2 rings (SSSR count). The Morgan fingerprint density at radius 1 is 1.26 bits per heavy atom. The van der Waals surface area contributed by atoms with Crippen LogP contribution in [-0.4, -0.2) is 23.9 Å². The lowest BCUT2D eigenvalue weighted by Crippen LogP contribution is -2.28. The van der Waals surface area contributed by atoms with Crippen LogP contribution >= 0.6 is 0 Å². The normalized spacial score (nSPS) is 15.4. The SMILES string of the molecule is N#C/C(=C\c1c(F)cccc1F)C(=O)N1CCCC1. The van der Waals surface area contributed by atoms with Crippen LogP contribution in [0, 0.1) is 23.0 Å². The zero-order chi connectivity index (χ0) is 13.8. The van der Waals surface area contributed by atoms with Crippen LogP contribution in [0.1, 0.15) is 18.4 Å². The molecular formula is C14H12F2N2O. The van der Waals surface area contributed by atoms with Gasteiger partial charge in [-0.2, -0.15) is 5.26 Å². The highest BCUT2D eigenvalue weighted by molar-refractivity contribution is 6.01. The van der Waals surface area contributed by atoms with Gasteiger partial charge in [0.05, 0.1) is 0 Å². The predicted molar refractivity (Wildman–Crippen MR) is 65.8 cm³/mol. The van der Waals surface area contributed by atoms with Crippen LogP contribution in [0.15, 0.2) is 23.8 Å². The Morgan fingerprint density at radius 2 is 1.84 bits per heavy atom. The summed E-state index contributed by atoms with van der Waals surface area (Å²) >= 11 is 0. The maximum atomic E-state index is 13.5. The molecule has 1 aromatic carbocycles. The molecule has 19 heavy (non-hydrogen) atoms. The van der Waals surface area contributed by atoms with Crippen LogP contribution in [0.2, 0.25) is 0 Å². The molecule has 1 saturated heterocycles. The number of nitrogens with zero attached hydrogens (tertiary/aromatic N) is 2. The van der Waals surface area contributed by atoms with Crippen LogP contribution in [0.25, 0.3) is 6.08 Å². The molecule has 0 aliphatic carbocycles. The van der Waals surface area contributed by atoms with Gasteiger partial charge in [-0.25, -0.2) is 8.78 Å². The van der Waals surface area contributed by atoms with E-state index in [4.69, 9.17) is 5.26 Å². The van der Waals surface area contributed by atoms with E-state index >= 15 is 0 Å². The summed E-state index contributed by atoms with van der Waals surface area (Å²) in [6, 6.07) is 5.13. The van der Waals surface area contributed by atoms with Gasteiger partial charge in [-0.15, -0.1) is 0 Å². The summed E-state index contributed by atoms with van der Waals surface area (Å²) in [5.41, 5.74) is -0.600. The first kappa shape index (κ1) is 13.2. The minimum absolute atomic E-state index is 0.245. The lowest BCUT2D eigenvalue weighted by Gasteiger charge is -2.14. The number of nitriles is 1. The van der Waals surface area contributed by atoms with E-state index in [2.05, 4.69) is 0 Å². The molecule has 3 nitrogen and oxygen atoms in total. The van der Waals surface area contributed by atoms with Crippen molar-refractivity contribution in [3.63, 3.8) is 0 Å². The monoisotopic (exact) mass is 262 g/mol. The van der Waals surface area contributed by atoms with E-state index in [1.54, 1.807) is 6.07 Å². The van der Waals surface area contributed by atoms with E-state index in [0.717, 1.165) is 31.1 Å². The summed E-state index contributed by atoms with van der Waals surface area (Å²) in [6.45, 7) is 1.16. The van der Waals surface area contributed by atoms with Gasteiger partial charge in [-0.05, 0) is 31.1 Å². The van der Waals surface area contributed by atoms with Crippen LogP contribution in [-0.2, 0) is 4.79 Å². The topological polar surface area (TPSA) is 44.1 Å². The molecule has 1 aliphatic rings. The first-order chi connectivity index (χ1) is 9.13. The number of halogens is 2. The van der Waals surface area contributed by atoms with Crippen LogP contribution in [0.3, 0.4) is 0 Å². The molecule has 5 heteroatoms. The van der Waals surface area contributed by atoms with E-state index in [0.29, 0.717) is 13.1 Å². The minimum atomic E-state index is -0.790. The summed E-state index contributed by atoms with van der Waals surface area (Å²) in [6.07, 6.45) is 2.75. The Bertz CT molecular complexity index is 549. The molecular weight excluding hydrogens is 250 g/mol. The molecule has 0 saturated carbocycles. The van der Waals surface area contributed by atoms with Gasteiger partial charge in [0.15, 0.2) is 0 Å². The fourth-order valence-electron chi connectivity index (χ4n) is 2.03. The van der Waals surface area contributed by atoms with E-state index in [1.165, 1.54) is 11.0 Å². The fraction of sp³-hybridized carbons (Fsp3) is 0.286. The minimum Gasteiger partial charge on any atom is -0.338 e. The van der Waals surface area contributed by atoms with Gasteiger partial charge in [-0.3, -0.25) is 4.79 Å². The summed E-state index contributed by atoms with van der Waals surface area (Å²) < 4.78 is 26.9. The molecule has 0 radical (unpaired) electrons. The van der Waals surface area contributed by atoms with Crippen molar-refractivity contribution < 1.29 is 13.6 Å². The van der Waals surface area contributed by atoms with Gasteiger partial charge < -0.3 is 4.90 Å². The lowest BCUT2D eigenvalue weighted by atomic mass is 10.1. The third kappa shape index (κ3) is 2.79. The molecule has 0 unspecified atom stereocenters. The largest absolute Gasteiger partial charge is 0.338 e. The average Bonchev–Trinajstić information content (AvgIpc) is 2.92. The van der Waals surface area contributed by atoms with Crippen molar-refractivity contribution >= 4 is 12.0 Å². The lowest BCUT2D eigenvalue weighted by molar-refractivity contribution is -0.125. The number of rotatable bonds is 2. The van der Waals surface area contributed by atoms with Gasteiger partial charge in [0.1, 0.15) is 23.3 Å². The van der Waals surface area contributed by atoms with Gasteiger partial charge in [0.2, 0.25) is 0 Å². The number of carbonyl (C=O) groups excluding carboxylic acids is 1. The summed E-state index contributed by atoms with van der Waals surface area (Å²) in [5, 5.41) is 8.99. The summed E-state index contributed by atoms with van der Waals surface area (Å²) in [5.74, 6) is -2.05. The van der Waals surface area contributed by atoms with Gasteiger partial charge >= 0.3 is 0 Å². The standard InChI is InChI=1S/C14H12F2N2O/c15-12-4-3-5-13(16)11(12)8-10(9-17)14(19)18-6-1-2-7-18/h3-5,8H,1-2,6-7H2/b10-8+. The number of likely N-dealkylation sites (tertiary alicyclic amines) is 1. The molecule has 1 aliphatic heterocycles. The van der Waals surface area contributed by atoms with Crippen molar-refractivity contribution in [1.29, 1.82) is 5.26 Å². The first-order valence-corrected chi connectivity index (χ1v) is 5.98. The quantitative estimate of drug-likeness (QED) is 0.607. The second kappa shape index (κ2) is 5.61. The summed E-state index contributed by atoms with van der Waals surface area (Å²) in [7, 11) is 0. The second-order valence-electron chi connectivity index (χ2n) is 4.30. The van der Waals surface area contributed by atoms with Crippen molar-refractivity contribution in [1.82, 2.24) is 4.90 Å². The number of amides is 1. The van der Waals surface area contributed by atoms with Crippen molar-refractivity contribution in [2.75, 3.05) is 13.1 Å². The van der Waals surface area contributed by atoms with Crippen molar-refractivity contribution in [2.24, 2.45) is 0 Å². The van der Waals surface area contributed by atoms with Gasteiger partial charge in [-0.1, -0.05) is 6.07 Å². The van der Waals surface area contributed by atoms with Crippen molar-refractivity contribution in [3.8, 4) is 6.07 Å². The zero-order valence-corrected chi connectivity index (χ0v) is 10.2. The van der Waals surface area contributed by atoms with Crippen LogP contribution < -0.4 is 0 Å². The highest BCUT2D eigenvalue weighted by Gasteiger charge is 2.22. The second-order valence-corrected chi connectivity index (χ2v) is 4.30. The maximum absolute atomic E-state index is 13.5. The van der Waals surface area contributed by atoms with Crippen LogP contribution in [0.5, 0.6) is 0 Å². The summed E-state index contributed by atoms with van der Waals surface area (Å²) in [4.78, 5) is 13.5. The highest BCUT2D eigenvalue weighted by Crippen LogP contribution is 2.18. The Kier molecular flexibility index (Phi) is 3.91. The van der Waals surface area contributed by atoms with Crippen LogP contribution in [0.4, 0.5) is 8.78 Å². The maximum Gasteiger partial charge on any atom is 0.264 e. The zero-order valence-electron chi connectivity index (χ0n) is 10.2. The van der Waals surface area contributed by atoms with E-state index < -0.39 is 17.5 Å². The molecule has 98 valence electrons. The fourth-order valence-corrected chi connectivity index (χ4v) is 2.03. The Hall–Kier alpha value is -2.22.